The maximum atomic E-state index is 12.9. The molecule has 0 unspecified atom stereocenters. The standard InChI is InChI=1S/C24H33N3O3S/c1-29-20-11-5-9-19(22(20)30-2)16-27-13-6-10-18(15-27)21(24-25-12-14-31-24)26-23(28)17-7-3-4-8-17/h5,9,11-12,14,17-18,21H,3-4,6-8,10,13,15-16H2,1-2H3,(H,26,28)/t18-,21-/m0/s1. The summed E-state index contributed by atoms with van der Waals surface area (Å²) in [5.74, 6) is 2.30. The van der Waals surface area contributed by atoms with Gasteiger partial charge in [0.15, 0.2) is 11.5 Å². The number of hydrogen-bond acceptors (Lipinski definition) is 6. The molecule has 7 heteroatoms. The first-order valence-corrected chi connectivity index (χ1v) is 12.2. The fourth-order valence-corrected chi connectivity index (χ4v) is 5.84. The molecule has 1 amide bonds. The van der Waals surface area contributed by atoms with Crippen molar-refractivity contribution in [2.45, 2.75) is 51.1 Å². The summed E-state index contributed by atoms with van der Waals surface area (Å²) in [4.78, 5) is 20.0. The second-order valence-electron chi connectivity index (χ2n) is 8.63. The molecule has 0 bridgehead atoms. The van der Waals surface area contributed by atoms with E-state index in [4.69, 9.17) is 9.47 Å². The lowest BCUT2D eigenvalue weighted by atomic mass is 9.90. The van der Waals surface area contributed by atoms with E-state index < -0.39 is 0 Å². The Hall–Kier alpha value is -2.12. The fourth-order valence-electron chi connectivity index (χ4n) is 5.05. The molecule has 1 N–H and O–H groups in total. The monoisotopic (exact) mass is 443 g/mol. The predicted molar refractivity (Wildman–Crippen MR) is 123 cm³/mol. The first-order chi connectivity index (χ1) is 15.2. The van der Waals surface area contributed by atoms with Crippen molar-refractivity contribution in [2.24, 2.45) is 11.8 Å². The SMILES string of the molecule is COc1cccc(CN2CCC[C@H]([C@H](NC(=O)C3CCCC3)c3nccs3)C2)c1OC. The molecule has 1 aliphatic heterocycles. The van der Waals surface area contributed by atoms with Crippen LogP contribution in [-0.4, -0.2) is 43.1 Å². The van der Waals surface area contributed by atoms with Crippen LogP contribution in [0.5, 0.6) is 11.5 Å². The van der Waals surface area contributed by atoms with Crippen LogP contribution < -0.4 is 14.8 Å². The molecule has 0 spiro atoms. The van der Waals surface area contributed by atoms with Gasteiger partial charge in [0, 0.05) is 36.1 Å². The number of piperidine rings is 1. The van der Waals surface area contributed by atoms with Gasteiger partial charge < -0.3 is 14.8 Å². The zero-order valence-corrected chi connectivity index (χ0v) is 19.3. The highest BCUT2D eigenvalue weighted by molar-refractivity contribution is 7.09. The quantitative estimate of drug-likeness (QED) is 0.654. The Bertz CT molecular complexity index is 852. The number of rotatable bonds is 8. The number of para-hydroxylation sites is 1. The zero-order chi connectivity index (χ0) is 21.6. The third-order valence-corrected chi connectivity index (χ3v) is 7.49. The van der Waals surface area contributed by atoms with E-state index in [1.165, 1.54) is 12.8 Å². The number of carbonyl (C=O) groups excluding carboxylic acids is 1. The number of methoxy groups -OCH3 is 2. The minimum absolute atomic E-state index is 0.0110. The molecule has 6 nitrogen and oxygen atoms in total. The fraction of sp³-hybridized carbons (Fsp3) is 0.583. The van der Waals surface area contributed by atoms with Crippen LogP contribution in [-0.2, 0) is 11.3 Å². The second kappa shape index (κ2) is 10.5. The van der Waals surface area contributed by atoms with E-state index in [1.54, 1.807) is 25.6 Å². The largest absolute Gasteiger partial charge is 0.493 e. The van der Waals surface area contributed by atoms with Crippen molar-refractivity contribution < 1.29 is 14.3 Å². The Balaban J connectivity index is 1.48. The van der Waals surface area contributed by atoms with Gasteiger partial charge in [-0.05, 0) is 44.2 Å². The van der Waals surface area contributed by atoms with Crippen LogP contribution in [0.25, 0.3) is 0 Å². The van der Waals surface area contributed by atoms with E-state index in [0.717, 1.165) is 67.4 Å². The molecular formula is C24H33N3O3S. The molecule has 2 atom stereocenters. The molecule has 4 rings (SSSR count). The summed E-state index contributed by atoms with van der Waals surface area (Å²) < 4.78 is 11.1. The predicted octanol–water partition coefficient (Wildman–Crippen LogP) is 4.42. The van der Waals surface area contributed by atoms with E-state index in [9.17, 15) is 4.79 Å². The number of nitrogens with one attached hydrogen (secondary N) is 1. The van der Waals surface area contributed by atoms with Crippen molar-refractivity contribution in [2.75, 3.05) is 27.3 Å². The molecule has 168 valence electrons. The van der Waals surface area contributed by atoms with Crippen molar-refractivity contribution in [3.63, 3.8) is 0 Å². The Morgan fingerprint density at radius 3 is 2.77 bits per heavy atom. The molecular weight excluding hydrogens is 410 g/mol. The molecule has 2 aromatic rings. The molecule has 31 heavy (non-hydrogen) atoms. The summed E-state index contributed by atoms with van der Waals surface area (Å²) in [6, 6.07) is 6.03. The number of hydrogen-bond donors (Lipinski definition) is 1. The van der Waals surface area contributed by atoms with E-state index in [0.29, 0.717) is 5.92 Å². The topological polar surface area (TPSA) is 63.7 Å². The second-order valence-corrected chi connectivity index (χ2v) is 9.55. The Morgan fingerprint density at radius 2 is 2.06 bits per heavy atom. The first-order valence-electron chi connectivity index (χ1n) is 11.3. The van der Waals surface area contributed by atoms with Crippen LogP contribution in [0, 0.1) is 11.8 Å². The van der Waals surface area contributed by atoms with Crippen LogP contribution in [0.2, 0.25) is 0 Å². The highest BCUT2D eigenvalue weighted by Gasteiger charge is 2.33. The van der Waals surface area contributed by atoms with Gasteiger partial charge in [0.2, 0.25) is 5.91 Å². The number of amides is 1. The van der Waals surface area contributed by atoms with E-state index >= 15 is 0 Å². The molecule has 2 heterocycles. The first kappa shape index (κ1) is 22.1. The number of carbonyl (C=O) groups is 1. The average molecular weight is 444 g/mol. The summed E-state index contributed by atoms with van der Waals surface area (Å²) in [6.07, 6.45) is 8.42. The summed E-state index contributed by atoms with van der Waals surface area (Å²) >= 11 is 1.64. The lowest BCUT2D eigenvalue weighted by molar-refractivity contribution is -0.126. The normalized spacial score (nSPS) is 21.0. The zero-order valence-electron chi connectivity index (χ0n) is 18.5. The summed E-state index contributed by atoms with van der Waals surface area (Å²) in [6.45, 7) is 2.77. The third kappa shape index (κ3) is 5.21. The van der Waals surface area contributed by atoms with Gasteiger partial charge in [-0.3, -0.25) is 9.69 Å². The van der Waals surface area contributed by atoms with Gasteiger partial charge in [-0.2, -0.15) is 0 Å². The van der Waals surface area contributed by atoms with E-state index in [1.807, 2.05) is 23.7 Å². The highest BCUT2D eigenvalue weighted by Crippen LogP contribution is 2.35. The van der Waals surface area contributed by atoms with Gasteiger partial charge in [-0.1, -0.05) is 25.0 Å². The van der Waals surface area contributed by atoms with Crippen molar-refractivity contribution in [3.8, 4) is 11.5 Å². The van der Waals surface area contributed by atoms with Crippen molar-refractivity contribution >= 4 is 17.2 Å². The molecule has 0 radical (unpaired) electrons. The number of aromatic nitrogens is 1. The van der Waals surface area contributed by atoms with Gasteiger partial charge in [0.25, 0.3) is 0 Å². The molecule has 1 aromatic heterocycles. The number of ether oxygens (including phenoxy) is 2. The Morgan fingerprint density at radius 1 is 1.23 bits per heavy atom. The molecule has 2 fully saturated rings. The van der Waals surface area contributed by atoms with E-state index in [2.05, 4.69) is 21.3 Å². The van der Waals surface area contributed by atoms with Crippen molar-refractivity contribution in [1.29, 1.82) is 0 Å². The third-order valence-electron chi connectivity index (χ3n) is 6.63. The molecule has 2 aliphatic rings. The summed E-state index contributed by atoms with van der Waals surface area (Å²) in [7, 11) is 3.36. The van der Waals surface area contributed by atoms with Gasteiger partial charge in [-0.25, -0.2) is 4.98 Å². The summed E-state index contributed by atoms with van der Waals surface area (Å²) in [5.41, 5.74) is 1.13. The van der Waals surface area contributed by atoms with Gasteiger partial charge in [0.1, 0.15) is 5.01 Å². The Kier molecular flexibility index (Phi) is 7.45. The molecule has 1 aliphatic carbocycles. The molecule has 1 saturated heterocycles. The van der Waals surface area contributed by atoms with Gasteiger partial charge in [-0.15, -0.1) is 11.3 Å². The highest BCUT2D eigenvalue weighted by atomic mass is 32.1. The number of benzene rings is 1. The van der Waals surface area contributed by atoms with Crippen LogP contribution in [0.15, 0.2) is 29.8 Å². The van der Waals surface area contributed by atoms with Crippen LogP contribution in [0.3, 0.4) is 0 Å². The minimum Gasteiger partial charge on any atom is -0.493 e. The lowest BCUT2D eigenvalue weighted by Crippen LogP contribution is -2.43. The van der Waals surface area contributed by atoms with Gasteiger partial charge >= 0.3 is 0 Å². The van der Waals surface area contributed by atoms with Crippen molar-refractivity contribution in [1.82, 2.24) is 15.2 Å². The maximum absolute atomic E-state index is 12.9. The smallest absolute Gasteiger partial charge is 0.223 e. The number of thiazole rings is 1. The van der Waals surface area contributed by atoms with Crippen molar-refractivity contribution in [3.05, 3.63) is 40.3 Å². The van der Waals surface area contributed by atoms with Crippen LogP contribution in [0.4, 0.5) is 0 Å². The minimum atomic E-state index is -0.0110. The molecule has 1 aromatic carbocycles. The lowest BCUT2D eigenvalue weighted by Gasteiger charge is -2.37. The van der Waals surface area contributed by atoms with Crippen LogP contribution >= 0.6 is 11.3 Å². The van der Waals surface area contributed by atoms with E-state index in [-0.39, 0.29) is 17.9 Å². The summed E-state index contributed by atoms with van der Waals surface area (Å²) in [5, 5.41) is 6.42. The molecule has 1 saturated carbocycles. The maximum Gasteiger partial charge on any atom is 0.223 e. The number of nitrogens with zero attached hydrogens (tertiary/aromatic N) is 2. The average Bonchev–Trinajstić information content (AvgIpc) is 3.52. The van der Waals surface area contributed by atoms with Gasteiger partial charge in [0.05, 0.1) is 20.3 Å². The Labute approximate surface area is 189 Å². The van der Waals surface area contributed by atoms with Crippen LogP contribution in [0.1, 0.15) is 55.1 Å². The number of likely N-dealkylation sites (tertiary alicyclic amines) is 1.